The molecule has 0 fully saturated rings. The van der Waals surface area contributed by atoms with Crippen molar-refractivity contribution in [2.45, 2.75) is 26.2 Å². The van der Waals surface area contributed by atoms with Gasteiger partial charge < -0.3 is 4.42 Å². The molecule has 7 aromatic rings. The molecule has 0 aliphatic heterocycles. The van der Waals surface area contributed by atoms with Crippen molar-refractivity contribution in [2.24, 2.45) is 5.92 Å². The molecule has 1 atom stereocenters. The average Bonchev–Trinajstić information content (AvgIpc) is 3.53. The van der Waals surface area contributed by atoms with Crippen molar-refractivity contribution < 1.29 is 4.42 Å². The Morgan fingerprint density at radius 3 is 2.25 bits per heavy atom. The summed E-state index contributed by atoms with van der Waals surface area (Å²) in [6.07, 6.45) is 11.8. The van der Waals surface area contributed by atoms with Crippen molar-refractivity contribution in [1.29, 1.82) is 0 Å². The van der Waals surface area contributed by atoms with Gasteiger partial charge in [0.2, 0.25) is 0 Å². The molecule has 1 unspecified atom stereocenters. The monoisotopic (exact) mass is 619 g/mol. The number of fused-ring (bicyclic) bond motifs is 4. The third-order valence-corrected chi connectivity index (χ3v) is 9.71. The van der Waals surface area contributed by atoms with Crippen molar-refractivity contribution in [3.63, 3.8) is 0 Å². The van der Waals surface area contributed by atoms with E-state index in [1.54, 1.807) is 0 Å². The van der Waals surface area contributed by atoms with Crippen LogP contribution in [0.15, 0.2) is 138 Å². The van der Waals surface area contributed by atoms with E-state index in [0.29, 0.717) is 23.4 Å². The van der Waals surface area contributed by atoms with Gasteiger partial charge in [0.05, 0.1) is 0 Å². The van der Waals surface area contributed by atoms with Crippen LogP contribution in [0.3, 0.4) is 0 Å². The van der Waals surface area contributed by atoms with Crippen LogP contribution in [0.1, 0.15) is 42.3 Å². The fourth-order valence-electron chi connectivity index (χ4n) is 7.12. The zero-order valence-electron chi connectivity index (χ0n) is 26.7. The van der Waals surface area contributed by atoms with Gasteiger partial charge in [0.1, 0.15) is 11.2 Å². The first kappa shape index (κ1) is 28.4. The van der Waals surface area contributed by atoms with Crippen molar-refractivity contribution in [3.05, 3.63) is 156 Å². The minimum absolute atomic E-state index is 0.298. The molecule has 0 spiro atoms. The molecule has 230 valence electrons. The maximum Gasteiger partial charge on any atom is 0.164 e. The maximum absolute atomic E-state index is 6.45. The van der Waals surface area contributed by atoms with Crippen molar-refractivity contribution >= 4 is 39.2 Å². The Morgan fingerprint density at radius 1 is 0.625 bits per heavy atom. The smallest absolute Gasteiger partial charge is 0.164 e. The summed E-state index contributed by atoms with van der Waals surface area (Å²) in [7, 11) is 0. The zero-order valence-corrected chi connectivity index (χ0v) is 26.7. The summed E-state index contributed by atoms with van der Waals surface area (Å²) in [5, 5.41) is 2.06. The van der Waals surface area contributed by atoms with Crippen molar-refractivity contribution in [2.75, 3.05) is 0 Å². The quantitative estimate of drug-likeness (QED) is 0.192. The van der Waals surface area contributed by atoms with E-state index >= 15 is 0 Å². The third kappa shape index (κ3) is 5.07. The zero-order chi connectivity index (χ0) is 32.0. The summed E-state index contributed by atoms with van der Waals surface area (Å²) < 4.78 is 6.45. The van der Waals surface area contributed by atoms with Crippen molar-refractivity contribution in [3.8, 4) is 33.9 Å². The molecule has 9 rings (SSSR count). The second kappa shape index (κ2) is 11.7. The molecular weight excluding hydrogens is 587 g/mol. The standard InChI is InChI=1S/C44H33N3O/c1-28-11-5-8-16-36(28)43-45-42(32-22-19-31(20-23-32)34-24-21-30-14-6-7-15-33(30)25-34)46-44(47-43)38-26-35(29-12-3-2-4-13-29)27-40-41(38)37-17-9-10-18-39(37)48-40/h2-10,12-20,22-23,25-28H,11,21,24H2,1H3. The summed E-state index contributed by atoms with van der Waals surface area (Å²) >= 11 is 0. The second-order valence-electron chi connectivity index (χ2n) is 12.8. The van der Waals surface area contributed by atoms with E-state index in [1.165, 1.54) is 22.3 Å². The van der Waals surface area contributed by atoms with E-state index in [9.17, 15) is 0 Å². The van der Waals surface area contributed by atoms with E-state index in [-0.39, 0.29) is 0 Å². The SMILES string of the molecule is CC1CC=CC=C1c1nc(-c2ccc(C3=Cc4ccccc4CC3)cc2)nc(-c2cc(-c3ccccc3)cc3oc4ccccc4c23)n1. The fourth-order valence-corrected chi connectivity index (χ4v) is 7.12. The number of nitrogens with zero attached hydrogens (tertiary/aromatic N) is 3. The van der Waals surface area contributed by atoms with Gasteiger partial charge in [0.25, 0.3) is 0 Å². The first-order valence-corrected chi connectivity index (χ1v) is 16.7. The lowest BCUT2D eigenvalue weighted by Crippen LogP contribution is -2.08. The maximum atomic E-state index is 6.45. The molecular formula is C44H33N3O. The summed E-state index contributed by atoms with van der Waals surface area (Å²) in [5.41, 5.74) is 12.2. The highest BCUT2D eigenvalue weighted by Gasteiger charge is 2.22. The predicted molar refractivity (Wildman–Crippen MR) is 197 cm³/mol. The molecule has 5 aromatic carbocycles. The van der Waals surface area contributed by atoms with E-state index in [0.717, 1.165) is 69.0 Å². The van der Waals surface area contributed by atoms with Crippen LogP contribution in [0.2, 0.25) is 0 Å². The Morgan fingerprint density at radius 2 is 1.38 bits per heavy atom. The molecule has 4 heteroatoms. The molecule has 0 bridgehead atoms. The minimum atomic E-state index is 0.298. The number of furan rings is 1. The van der Waals surface area contributed by atoms with Gasteiger partial charge >= 0.3 is 0 Å². The van der Waals surface area contributed by atoms with Crippen LogP contribution in [-0.4, -0.2) is 15.0 Å². The number of aryl methyl sites for hydroxylation is 1. The molecule has 2 heterocycles. The highest BCUT2D eigenvalue weighted by Crippen LogP contribution is 2.40. The summed E-state index contributed by atoms with van der Waals surface area (Å²) in [6.45, 7) is 2.24. The summed E-state index contributed by atoms with van der Waals surface area (Å²) in [6, 6.07) is 40.4. The number of hydrogen-bond acceptors (Lipinski definition) is 4. The van der Waals surface area contributed by atoms with Gasteiger partial charge in [-0.15, -0.1) is 0 Å². The molecule has 0 saturated heterocycles. The minimum Gasteiger partial charge on any atom is -0.456 e. The number of aromatic nitrogens is 3. The first-order valence-electron chi connectivity index (χ1n) is 16.7. The molecule has 0 radical (unpaired) electrons. The van der Waals surface area contributed by atoms with Crippen LogP contribution in [0.25, 0.3) is 73.1 Å². The molecule has 0 amide bonds. The highest BCUT2D eigenvalue weighted by atomic mass is 16.3. The Balaban J connectivity index is 1.22. The average molecular weight is 620 g/mol. The highest BCUT2D eigenvalue weighted by molar-refractivity contribution is 6.13. The normalized spacial score (nSPS) is 15.7. The Kier molecular flexibility index (Phi) is 6.93. The third-order valence-electron chi connectivity index (χ3n) is 9.71. The van der Waals surface area contributed by atoms with Crippen LogP contribution in [0.5, 0.6) is 0 Å². The van der Waals surface area contributed by atoms with Crippen LogP contribution in [0, 0.1) is 5.92 Å². The lowest BCUT2D eigenvalue weighted by atomic mass is 9.88. The molecule has 4 nitrogen and oxygen atoms in total. The van der Waals surface area contributed by atoms with E-state index in [1.807, 2.05) is 18.2 Å². The van der Waals surface area contributed by atoms with Gasteiger partial charge in [-0.1, -0.05) is 128 Å². The molecule has 48 heavy (non-hydrogen) atoms. The van der Waals surface area contributed by atoms with Crippen LogP contribution < -0.4 is 0 Å². The summed E-state index contributed by atoms with van der Waals surface area (Å²) in [5.74, 6) is 2.32. The Bertz CT molecular complexity index is 2430. The van der Waals surface area contributed by atoms with Crippen LogP contribution in [-0.2, 0) is 6.42 Å². The van der Waals surface area contributed by atoms with E-state index in [4.69, 9.17) is 19.4 Å². The molecule has 2 aliphatic rings. The molecule has 0 saturated carbocycles. The van der Waals surface area contributed by atoms with E-state index < -0.39 is 0 Å². The number of rotatable bonds is 5. The van der Waals surface area contributed by atoms with Crippen LogP contribution in [0.4, 0.5) is 0 Å². The molecule has 0 N–H and O–H groups in total. The lowest BCUT2D eigenvalue weighted by Gasteiger charge is -2.18. The largest absolute Gasteiger partial charge is 0.456 e. The predicted octanol–water partition coefficient (Wildman–Crippen LogP) is 11.2. The number of allylic oxidation sites excluding steroid dienone is 5. The number of benzene rings is 5. The molecule has 2 aliphatic carbocycles. The van der Waals surface area contributed by atoms with Crippen molar-refractivity contribution in [1.82, 2.24) is 15.0 Å². The van der Waals surface area contributed by atoms with Gasteiger partial charge in [0, 0.05) is 27.5 Å². The Hall–Kier alpha value is -5.87. The Labute approximate surface area is 279 Å². The van der Waals surface area contributed by atoms with Gasteiger partial charge in [0.15, 0.2) is 17.5 Å². The van der Waals surface area contributed by atoms with Gasteiger partial charge in [-0.05, 0) is 76.8 Å². The van der Waals surface area contributed by atoms with Gasteiger partial charge in [-0.25, -0.2) is 15.0 Å². The summed E-state index contributed by atoms with van der Waals surface area (Å²) in [4.78, 5) is 15.5. The van der Waals surface area contributed by atoms with Crippen LogP contribution >= 0.6 is 0 Å². The lowest BCUT2D eigenvalue weighted by molar-refractivity contribution is 0.669. The van der Waals surface area contributed by atoms with E-state index in [2.05, 4.69) is 128 Å². The topological polar surface area (TPSA) is 51.8 Å². The van der Waals surface area contributed by atoms with Gasteiger partial charge in [-0.2, -0.15) is 0 Å². The second-order valence-corrected chi connectivity index (χ2v) is 12.8. The fraction of sp³-hybridized carbons (Fsp3) is 0.114. The number of para-hydroxylation sites is 1. The van der Waals surface area contributed by atoms with Gasteiger partial charge in [-0.3, -0.25) is 0 Å². The number of hydrogen-bond donors (Lipinski definition) is 0. The molecule has 2 aromatic heterocycles. The first-order chi connectivity index (χ1) is 23.7.